The van der Waals surface area contributed by atoms with Crippen LogP contribution in [0.1, 0.15) is 5.56 Å². The van der Waals surface area contributed by atoms with Crippen LogP contribution in [0.15, 0.2) is 24.3 Å². The molecule has 0 aromatic heterocycles. The topological polar surface area (TPSA) is 38.7 Å². The zero-order chi connectivity index (χ0) is 12.7. The summed E-state index contributed by atoms with van der Waals surface area (Å²) >= 11 is 0. The Morgan fingerprint density at radius 1 is 1.12 bits per heavy atom. The third-order valence-electron chi connectivity index (χ3n) is 1.89. The van der Waals surface area contributed by atoms with E-state index in [4.69, 9.17) is 9.84 Å². The zero-order valence-electron chi connectivity index (χ0n) is 9.04. The first-order valence-electron chi connectivity index (χ1n) is 4.99. The maximum atomic E-state index is 11.7. The van der Waals surface area contributed by atoms with E-state index in [-0.39, 0.29) is 19.8 Å². The molecule has 0 fully saturated rings. The molecule has 0 saturated heterocycles. The standard InChI is InChI=1S/C11H13F3O3/c12-11(13,14)8-16-5-6-17-10-4-2-1-3-9(10)7-15/h1-4,15H,5-8H2. The minimum atomic E-state index is -4.32. The lowest BCUT2D eigenvalue weighted by Crippen LogP contribution is -2.19. The van der Waals surface area contributed by atoms with Gasteiger partial charge in [0, 0.05) is 5.56 Å². The summed E-state index contributed by atoms with van der Waals surface area (Å²) in [6, 6.07) is 6.75. The van der Waals surface area contributed by atoms with Gasteiger partial charge in [-0.15, -0.1) is 0 Å². The van der Waals surface area contributed by atoms with Gasteiger partial charge < -0.3 is 14.6 Å². The molecule has 6 heteroatoms. The number of para-hydroxylation sites is 1. The summed E-state index contributed by atoms with van der Waals surface area (Å²) in [6.45, 7) is -1.61. The number of benzene rings is 1. The van der Waals surface area contributed by atoms with E-state index in [0.29, 0.717) is 11.3 Å². The van der Waals surface area contributed by atoms with E-state index in [2.05, 4.69) is 4.74 Å². The molecule has 0 radical (unpaired) electrons. The highest BCUT2D eigenvalue weighted by Gasteiger charge is 2.27. The molecule has 1 rings (SSSR count). The predicted octanol–water partition coefficient (Wildman–Crippen LogP) is 2.14. The van der Waals surface area contributed by atoms with Crippen LogP contribution >= 0.6 is 0 Å². The highest BCUT2D eigenvalue weighted by Crippen LogP contribution is 2.18. The summed E-state index contributed by atoms with van der Waals surface area (Å²) in [5.74, 6) is 0.450. The van der Waals surface area contributed by atoms with Crippen molar-refractivity contribution in [2.24, 2.45) is 0 Å². The molecule has 0 aliphatic heterocycles. The lowest BCUT2D eigenvalue weighted by molar-refractivity contribution is -0.175. The highest BCUT2D eigenvalue weighted by molar-refractivity contribution is 5.32. The van der Waals surface area contributed by atoms with E-state index in [1.54, 1.807) is 24.3 Å². The van der Waals surface area contributed by atoms with Crippen LogP contribution in [0.4, 0.5) is 13.2 Å². The van der Waals surface area contributed by atoms with Crippen molar-refractivity contribution in [3.63, 3.8) is 0 Å². The molecule has 0 saturated carbocycles. The second-order valence-corrected chi connectivity index (χ2v) is 3.28. The Balaban J connectivity index is 2.27. The molecule has 0 amide bonds. The van der Waals surface area contributed by atoms with Gasteiger partial charge in [0.25, 0.3) is 0 Å². The molecule has 17 heavy (non-hydrogen) atoms. The van der Waals surface area contributed by atoms with E-state index in [1.807, 2.05) is 0 Å². The van der Waals surface area contributed by atoms with Gasteiger partial charge in [-0.1, -0.05) is 18.2 Å². The van der Waals surface area contributed by atoms with Crippen LogP contribution in [-0.2, 0) is 11.3 Å². The third-order valence-corrected chi connectivity index (χ3v) is 1.89. The lowest BCUT2D eigenvalue weighted by atomic mass is 10.2. The Kier molecular flexibility index (Phi) is 5.24. The summed E-state index contributed by atoms with van der Waals surface area (Å²) in [6.07, 6.45) is -4.32. The van der Waals surface area contributed by atoms with Crippen molar-refractivity contribution in [1.82, 2.24) is 0 Å². The number of alkyl halides is 3. The predicted molar refractivity (Wildman–Crippen MR) is 54.7 cm³/mol. The van der Waals surface area contributed by atoms with Gasteiger partial charge in [-0.3, -0.25) is 0 Å². The first-order valence-corrected chi connectivity index (χ1v) is 4.99. The number of aliphatic hydroxyl groups excluding tert-OH is 1. The molecule has 1 aromatic rings. The first-order chi connectivity index (χ1) is 8.03. The van der Waals surface area contributed by atoms with Crippen LogP contribution in [-0.4, -0.2) is 31.1 Å². The fraction of sp³-hybridized carbons (Fsp3) is 0.455. The molecule has 0 aliphatic carbocycles. The number of aliphatic hydroxyl groups is 1. The number of rotatable bonds is 6. The highest BCUT2D eigenvalue weighted by atomic mass is 19.4. The monoisotopic (exact) mass is 250 g/mol. The van der Waals surface area contributed by atoms with E-state index < -0.39 is 12.8 Å². The Morgan fingerprint density at radius 3 is 2.47 bits per heavy atom. The van der Waals surface area contributed by atoms with E-state index in [9.17, 15) is 13.2 Å². The van der Waals surface area contributed by atoms with Crippen molar-refractivity contribution in [2.45, 2.75) is 12.8 Å². The van der Waals surface area contributed by atoms with Crippen molar-refractivity contribution in [3.05, 3.63) is 29.8 Å². The van der Waals surface area contributed by atoms with E-state index in [0.717, 1.165) is 0 Å². The number of ether oxygens (including phenoxy) is 2. The smallest absolute Gasteiger partial charge is 0.411 e. The second kappa shape index (κ2) is 6.46. The molecule has 0 spiro atoms. The lowest BCUT2D eigenvalue weighted by Gasteiger charge is -2.11. The van der Waals surface area contributed by atoms with Gasteiger partial charge in [0.15, 0.2) is 0 Å². The molecule has 3 nitrogen and oxygen atoms in total. The Labute approximate surface area is 96.8 Å². The van der Waals surface area contributed by atoms with Gasteiger partial charge >= 0.3 is 6.18 Å². The second-order valence-electron chi connectivity index (χ2n) is 3.28. The maximum Gasteiger partial charge on any atom is 0.411 e. The summed E-state index contributed by atoms with van der Waals surface area (Å²) < 4.78 is 44.7. The van der Waals surface area contributed by atoms with Gasteiger partial charge in [0.05, 0.1) is 13.2 Å². The van der Waals surface area contributed by atoms with Crippen molar-refractivity contribution in [2.75, 3.05) is 19.8 Å². The van der Waals surface area contributed by atoms with Gasteiger partial charge in [0.2, 0.25) is 0 Å². The van der Waals surface area contributed by atoms with Gasteiger partial charge in [-0.25, -0.2) is 0 Å². The maximum absolute atomic E-state index is 11.7. The Morgan fingerprint density at radius 2 is 1.82 bits per heavy atom. The summed E-state index contributed by atoms with van der Waals surface area (Å²) in [4.78, 5) is 0. The van der Waals surface area contributed by atoms with Crippen LogP contribution in [0, 0.1) is 0 Å². The third kappa shape index (κ3) is 5.55. The van der Waals surface area contributed by atoms with Crippen molar-refractivity contribution in [1.29, 1.82) is 0 Å². The van der Waals surface area contributed by atoms with Crippen LogP contribution in [0.2, 0.25) is 0 Å². The average Bonchev–Trinajstić information content (AvgIpc) is 2.27. The molecular formula is C11H13F3O3. The van der Waals surface area contributed by atoms with Gasteiger partial charge in [-0.2, -0.15) is 13.2 Å². The quantitative estimate of drug-likeness (QED) is 0.786. The SMILES string of the molecule is OCc1ccccc1OCCOCC(F)(F)F. The molecule has 0 bridgehead atoms. The minimum absolute atomic E-state index is 0.00704. The molecule has 0 aliphatic rings. The van der Waals surface area contributed by atoms with Crippen LogP contribution < -0.4 is 4.74 Å². The summed E-state index contributed by atoms with van der Waals surface area (Å²) in [7, 11) is 0. The average molecular weight is 250 g/mol. The summed E-state index contributed by atoms with van der Waals surface area (Å²) in [5, 5.41) is 8.97. The number of hydrogen-bond acceptors (Lipinski definition) is 3. The normalized spacial score (nSPS) is 11.5. The molecule has 0 unspecified atom stereocenters. The molecular weight excluding hydrogens is 237 g/mol. The van der Waals surface area contributed by atoms with Crippen molar-refractivity contribution >= 4 is 0 Å². The van der Waals surface area contributed by atoms with Crippen LogP contribution in [0.5, 0.6) is 5.75 Å². The fourth-order valence-corrected chi connectivity index (χ4v) is 1.17. The number of hydrogen-bond donors (Lipinski definition) is 1. The number of halogens is 3. The fourth-order valence-electron chi connectivity index (χ4n) is 1.17. The molecule has 1 aromatic carbocycles. The molecule has 96 valence electrons. The van der Waals surface area contributed by atoms with E-state index in [1.165, 1.54) is 0 Å². The molecule has 1 N–H and O–H groups in total. The summed E-state index contributed by atoms with van der Waals surface area (Å²) in [5.41, 5.74) is 0.586. The van der Waals surface area contributed by atoms with Crippen LogP contribution in [0.25, 0.3) is 0 Å². The first kappa shape index (κ1) is 13.8. The Bertz CT molecular complexity index is 339. The zero-order valence-corrected chi connectivity index (χ0v) is 9.04. The molecule has 0 heterocycles. The largest absolute Gasteiger partial charge is 0.491 e. The van der Waals surface area contributed by atoms with Gasteiger partial charge in [-0.05, 0) is 6.07 Å². The Hall–Kier alpha value is -1.27. The van der Waals surface area contributed by atoms with E-state index >= 15 is 0 Å². The minimum Gasteiger partial charge on any atom is -0.491 e. The van der Waals surface area contributed by atoms with Gasteiger partial charge in [0.1, 0.15) is 19.0 Å². The van der Waals surface area contributed by atoms with Crippen molar-refractivity contribution in [3.8, 4) is 5.75 Å². The van der Waals surface area contributed by atoms with Crippen molar-refractivity contribution < 1.29 is 27.8 Å². The molecule has 0 atom stereocenters. The van der Waals surface area contributed by atoms with Crippen LogP contribution in [0.3, 0.4) is 0 Å².